The number of para-hydroxylation sites is 2. The van der Waals surface area contributed by atoms with Gasteiger partial charge in [-0.15, -0.1) is 0 Å². The molecule has 0 radical (unpaired) electrons. The second-order valence-corrected chi connectivity index (χ2v) is 10.9. The highest BCUT2D eigenvalue weighted by atomic mass is 32.2. The van der Waals surface area contributed by atoms with Gasteiger partial charge < -0.3 is 15.8 Å². The van der Waals surface area contributed by atoms with Crippen LogP contribution < -0.4 is 20.3 Å². The molecule has 37 heavy (non-hydrogen) atoms. The summed E-state index contributed by atoms with van der Waals surface area (Å²) in [4.78, 5) is 28.9. The molecule has 10 heteroatoms. The highest BCUT2D eigenvalue weighted by molar-refractivity contribution is 7.93. The third kappa shape index (κ3) is 4.42. The van der Waals surface area contributed by atoms with Gasteiger partial charge >= 0.3 is 0 Å². The average molecular weight is 521 g/mol. The van der Waals surface area contributed by atoms with Gasteiger partial charge in [0.1, 0.15) is 12.1 Å². The van der Waals surface area contributed by atoms with E-state index >= 15 is 0 Å². The van der Waals surface area contributed by atoms with Crippen LogP contribution in [0.25, 0.3) is 0 Å². The summed E-state index contributed by atoms with van der Waals surface area (Å²) in [6, 6.07) is 18.5. The van der Waals surface area contributed by atoms with Gasteiger partial charge in [0.15, 0.2) is 0 Å². The van der Waals surface area contributed by atoms with E-state index in [1.165, 1.54) is 33.5 Å². The fourth-order valence-electron chi connectivity index (χ4n) is 5.02. The Labute approximate surface area is 215 Å². The molecule has 0 unspecified atom stereocenters. The van der Waals surface area contributed by atoms with Crippen molar-refractivity contribution in [2.45, 2.75) is 29.8 Å². The number of amides is 2. The SMILES string of the molecule is COCCNC(=O)[C@@H]1Cc2ccccc2N1C(=O)[C@@H]1Cc2ccccc2N1S(=O)(=O)c1ccc(N)cc1. The molecule has 2 atom stereocenters. The molecule has 3 N–H and O–H groups in total. The van der Waals surface area contributed by atoms with Gasteiger partial charge in [0.25, 0.3) is 15.9 Å². The van der Waals surface area contributed by atoms with Crippen LogP contribution in [0.4, 0.5) is 17.1 Å². The summed E-state index contributed by atoms with van der Waals surface area (Å²) >= 11 is 0. The number of carbonyl (C=O) groups is 2. The predicted molar refractivity (Wildman–Crippen MR) is 141 cm³/mol. The summed E-state index contributed by atoms with van der Waals surface area (Å²) in [7, 11) is -2.57. The van der Waals surface area contributed by atoms with E-state index in [9.17, 15) is 18.0 Å². The zero-order chi connectivity index (χ0) is 26.2. The fourth-order valence-corrected chi connectivity index (χ4v) is 6.66. The maximum Gasteiger partial charge on any atom is 0.265 e. The van der Waals surface area contributed by atoms with Crippen LogP contribution in [0.15, 0.2) is 77.7 Å². The molecule has 9 nitrogen and oxygen atoms in total. The van der Waals surface area contributed by atoms with Crippen molar-refractivity contribution in [3.05, 3.63) is 83.9 Å². The molecule has 0 bridgehead atoms. The zero-order valence-electron chi connectivity index (χ0n) is 20.3. The molecule has 5 rings (SSSR count). The van der Waals surface area contributed by atoms with E-state index in [1.54, 1.807) is 31.4 Å². The van der Waals surface area contributed by atoms with Gasteiger partial charge in [-0.25, -0.2) is 8.42 Å². The first-order chi connectivity index (χ1) is 17.8. The Morgan fingerprint density at radius 3 is 2.19 bits per heavy atom. The van der Waals surface area contributed by atoms with Crippen LogP contribution in [0.2, 0.25) is 0 Å². The first-order valence-corrected chi connectivity index (χ1v) is 13.4. The first kappa shape index (κ1) is 24.8. The molecule has 0 fully saturated rings. The number of nitrogens with two attached hydrogens (primary N) is 1. The summed E-state index contributed by atoms with van der Waals surface area (Å²) in [6.45, 7) is 0.640. The Morgan fingerprint density at radius 2 is 1.51 bits per heavy atom. The molecule has 2 heterocycles. The summed E-state index contributed by atoms with van der Waals surface area (Å²) in [6.07, 6.45) is 0.533. The molecule has 3 aromatic rings. The Morgan fingerprint density at radius 1 is 0.919 bits per heavy atom. The summed E-state index contributed by atoms with van der Waals surface area (Å²) < 4.78 is 34.0. The zero-order valence-corrected chi connectivity index (χ0v) is 21.1. The molecule has 2 amide bonds. The molecular weight excluding hydrogens is 492 g/mol. The number of rotatable bonds is 7. The largest absolute Gasteiger partial charge is 0.399 e. The molecule has 192 valence electrons. The smallest absolute Gasteiger partial charge is 0.265 e. The van der Waals surface area contributed by atoms with E-state index in [0.717, 1.165) is 11.1 Å². The van der Waals surface area contributed by atoms with Crippen molar-refractivity contribution in [1.82, 2.24) is 5.32 Å². The van der Waals surface area contributed by atoms with Gasteiger partial charge in [0.05, 0.1) is 17.2 Å². The molecule has 2 aliphatic heterocycles. The van der Waals surface area contributed by atoms with Gasteiger partial charge in [0.2, 0.25) is 5.91 Å². The van der Waals surface area contributed by atoms with Crippen molar-refractivity contribution >= 4 is 38.9 Å². The lowest BCUT2D eigenvalue weighted by Crippen LogP contribution is -2.55. The average Bonchev–Trinajstić information content (AvgIpc) is 3.48. The van der Waals surface area contributed by atoms with Crippen molar-refractivity contribution in [3.8, 4) is 0 Å². The number of anilines is 3. The molecule has 3 aromatic carbocycles. The maximum absolute atomic E-state index is 14.3. The number of hydrogen-bond acceptors (Lipinski definition) is 6. The first-order valence-electron chi connectivity index (χ1n) is 12.0. The van der Waals surface area contributed by atoms with E-state index in [1.807, 2.05) is 24.3 Å². The van der Waals surface area contributed by atoms with Crippen LogP contribution in [0.1, 0.15) is 11.1 Å². The second kappa shape index (κ2) is 9.87. The van der Waals surface area contributed by atoms with Gasteiger partial charge in [-0.2, -0.15) is 0 Å². The number of hydrogen-bond donors (Lipinski definition) is 2. The number of nitrogen functional groups attached to an aromatic ring is 1. The third-order valence-electron chi connectivity index (χ3n) is 6.77. The molecule has 0 saturated heterocycles. The molecule has 2 aliphatic rings. The van der Waals surface area contributed by atoms with Crippen LogP contribution in [-0.2, 0) is 37.2 Å². The van der Waals surface area contributed by atoms with Crippen molar-refractivity contribution in [2.24, 2.45) is 0 Å². The van der Waals surface area contributed by atoms with Crippen molar-refractivity contribution in [1.29, 1.82) is 0 Å². The summed E-state index contributed by atoms with van der Waals surface area (Å²) in [5.74, 6) is -0.767. The number of ether oxygens (including phenoxy) is 1. The number of nitrogens with zero attached hydrogens (tertiary/aromatic N) is 2. The Hall–Kier alpha value is -3.89. The number of nitrogens with one attached hydrogen (secondary N) is 1. The quantitative estimate of drug-likeness (QED) is 0.364. The topological polar surface area (TPSA) is 122 Å². The monoisotopic (exact) mass is 520 g/mol. The summed E-state index contributed by atoms with van der Waals surface area (Å²) in [5, 5.41) is 2.82. The highest BCUT2D eigenvalue weighted by Crippen LogP contribution is 2.40. The van der Waals surface area contributed by atoms with Crippen LogP contribution in [-0.4, -0.2) is 52.6 Å². The number of methoxy groups -OCH3 is 1. The van der Waals surface area contributed by atoms with Crippen molar-refractivity contribution in [2.75, 3.05) is 35.2 Å². The maximum atomic E-state index is 14.3. The number of carbonyl (C=O) groups excluding carboxylic acids is 2. The number of fused-ring (bicyclic) bond motifs is 2. The molecular formula is C27H28N4O5S. The van der Waals surface area contributed by atoms with Crippen molar-refractivity contribution < 1.29 is 22.7 Å². The van der Waals surface area contributed by atoms with E-state index < -0.39 is 28.0 Å². The lowest BCUT2D eigenvalue weighted by molar-refractivity contribution is -0.126. The van der Waals surface area contributed by atoms with Gasteiger partial charge in [-0.3, -0.25) is 18.8 Å². The number of sulfonamides is 1. The van der Waals surface area contributed by atoms with Gasteiger partial charge in [0, 0.05) is 37.9 Å². The molecule has 0 spiro atoms. The summed E-state index contributed by atoms with van der Waals surface area (Å²) in [5.41, 5.74) is 8.87. The fraction of sp³-hybridized carbons (Fsp3) is 0.259. The van der Waals surface area contributed by atoms with E-state index in [-0.39, 0.29) is 17.2 Å². The van der Waals surface area contributed by atoms with Crippen LogP contribution >= 0.6 is 0 Å². The Bertz CT molecular complexity index is 1440. The lowest BCUT2D eigenvalue weighted by atomic mass is 10.1. The molecule has 0 aromatic heterocycles. The van der Waals surface area contributed by atoms with Crippen LogP contribution in [0, 0.1) is 0 Å². The normalized spacial score (nSPS) is 18.4. The van der Waals surface area contributed by atoms with E-state index in [0.29, 0.717) is 36.6 Å². The van der Waals surface area contributed by atoms with Gasteiger partial charge in [-0.1, -0.05) is 36.4 Å². The lowest BCUT2D eigenvalue weighted by Gasteiger charge is -2.32. The Balaban J connectivity index is 1.55. The van der Waals surface area contributed by atoms with Crippen LogP contribution in [0.5, 0.6) is 0 Å². The molecule has 0 saturated carbocycles. The highest BCUT2D eigenvalue weighted by Gasteiger charge is 2.48. The van der Waals surface area contributed by atoms with Crippen LogP contribution in [0.3, 0.4) is 0 Å². The minimum absolute atomic E-state index is 0.0342. The standard InChI is InChI=1S/C27H28N4O5S/c1-36-15-14-29-26(32)24-16-18-6-2-4-8-22(18)30(24)27(33)25-17-19-7-3-5-9-23(19)31(25)37(34,35)21-12-10-20(28)11-13-21/h2-13,24-25H,14-17,28H2,1H3,(H,29,32)/t24-,25-/m0/s1. The molecule has 0 aliphatic carbocycles. The Kier molecular flexibility index (Phi) is 6.61. The van der Waals surface area contributed by atoms with E-state index in [4.69, 9.17) is 10.5 Å². The minimum Gasteiger partial charge on any atom is -0.399 e. The number of benzene rings is 3. The van der Waals surface area contributed by atoms with Crippen molar-refractivity contribution in [3.63, 3.8) is 0 Å². The second-order valence-electron chi connectivity index (χ2n) is 9.06. The van der Waals surface area contributed by atoms with E-state index in [2.05, 4.69) is 5.32 Å². The predicted octanol–water partition coefficient (Wildman–Crippen LogP) is 2.11. The third-order valence-corrected chi connectivity index (χ3v) is 8.61. The van der Waals surface area contributed by atoms with Gasteiger partial charge in [-0.05, 0) is 47.5 Å². The minimum atomic E-state index is -4.11.